The highest BCUT2D eigenvalue weighted by Gasteiger charge is 2.62. The predicted octanol–water partition coefficient (Wildman–Crippen LogP) is 2.09. The van der Waals surface area contributed by atoms with E-state index in [0.717, 1.165) is 5.69 Å². The van der Waals surface area contributed by atoms with Crippen molar-refractivity contribution in [2.24, 2.45) is 5.92 Å². The fourth-order valence-electron chi connectivity index (χ4n) is 4.34. The van der Waals surface area contributed by atoms with Crippen LogP contribution in [0.4, 0.5) is 5.69 Å². The average molecular weight is 333 g/mol. The zero-order chi connectivity index (χ0) is 16.5. The number of hydroxylamine groups is 1. The number of para-hydroxylation sites is 1. The van der Waals surface area contributed by atoms with Crippen LogP contribution in [0.3, 0.4) is 0 Å². The fraction of sp³-hybridized carbons (Fsp3) is 0.667. The lowest BCUT2D eigenvalue weighted by Gasteiger charge is -2.34. The van der Waals surface area contributed by atoms with Gasteiger partial charge in [0.05, 0.1) is 18.3 Å². The summed E-state index contributed by atoms with van der Waals surface area (Å²) in [6.07, 6.45) is -0.813. The first kappa shape index (κ1) is 15.1. The van der Waals surface area contributed by atoms with Crippen LogP contribution in [0.2, 0.25) is 0 Å². The fourth-order valence-corrected chi connectivity index (χ4v) is 4.34. The van der Waals surface area contributed by atoms with Crippen molar-refractivity contribution >= 4 is 5.69 Å². The molecular formula is C18H23NO5. The van der Waals surface area contributed by atoms with Gasteiger partial charge in [0.15, 0.2) is 12.1 Å². The molecule has 0 spiro atoms. The molecule has 1 aromatic rings. The minimum atomic E-state index is -0.629. The molecule has 6 nitrogen and oxygen atoms in total. The Morgan fingerprint density at radius 2 is 1.83 bits per heavy atom. The molecule has 0 aliphatic carbocycles. The van der Waals surface area contributed by atoms with E-state index < -0.39 is 5.79 Å². The maximum atomic E-state index is 6.26. The SMILES string of the molecule is C[C@@H]1[C@@H]2[C@H]3O[C@@H]4OC(C)(C)O[C@@H]4[C@@H]3OC[C@H]1ON2c1ccccc1. The van der Waals surface area contributed by atoms with Gasteiger partial charge in [-0.05, 0) is 26.0 Å². The first-order valence-electron chi connectivity index (χ1n) is 8.67. The van der Waals surface area contributed by atoms with Crippen molar-refractivity contribution < 1.29 is 23.8 Å². The summed E-state index contributed by atoms with van der Waals surface area (Å²) in [5.41, 5.74) is 1.04. The smallest absolute Gasteiger partial charge is 0.190 e. The van der Waals surface area contributed by atoms with Crippen molar-refractivity contribution in [3.8, 4) is 0 Å². The molecule has 4 aliphatic rings. The molecule has 130 valence electrons. The van der Waals surface area contributed by atoms with E-state index in [1.54, 1.807) is 0 Å². The topological polar surface area (TPSA) is 49.4 Å². The van der Waals surface area contributed by atoms with Crippen molar-refractivity contribution in [3.05, 3.63) is 30.3 Å². The minimum Gasteiger partial charge on any atom is -0.370 e. The molecule has 0 N–H and O–H groups in total. The Balaban J connectivity index is 1.48. The molecular weight excluding hydrogens is 310 g/mol. The molecule has 24 heavy (non-hydrogen) atoms. The average Bonchev–Trinajstić information content (AvgIpc) is 3.09. The first-order chi connectivity index (χ1) is 11.5. The van der Waals surface area contributed by atoms with Gasteiger partial charge in [0.2, 0.25) is 0 Å². The van der Waals surface area contributed by atoms with Gasteiger partial charge < -0.3 is 18.9 Å². The highest BCUT2D eigenvalue weighted by atomic mass is 16.8. The molecule has 4 aliphatic heterocycles. The second-order valence-corrected chi connectivity index (χ2v) is 7.52. The molecule has 4 fully saturated rings. The van der Waals surface area contributed by atoms with E-state index in [4.69, 9.17) is 23.8 Å². The maximum absolute atomic E-state index is 6.26. The van der Waals surface area contributed by atoms with Crippen molar-refractivity contribution in [1.29, 1.82) is 0 Å². The molecule has 4 saturated heterocycles. The first-order valence-corrected chi connectivity index (χ1v) is 8.67. The molecule has 0 saturated carbocycles. The molecule has 6 heteroatoms. The number of ether oxygens (including phenoxy) is 4. The molecule has 5 rings (SSSR count). The van der Waals surface area contributed by atoms with Gasteiger partial charge in [0.1, 0.15) is 24.4 Å². The zero-order valence-corrected chi connectivity index (χ0v) is 14.1. The number of nitrogens with zero attached hydrogens (tertiary/aromatic N) is 1. The second kappa shape index (κ2) is 5.16. The number of hydrogen-bond acceptors (Lipinski definition) is 6. The third-order valence-electron chi connectivity index (χ3n) is 5.47. The Labute approximate surface area is 141 Å². The highest BCUT2D eigenvalue weighted by Crippen LogP contribution is 2.46. The monoisotopic (exact) mass is 333 g/mol. The van der Waals surface area contributed by atoms with Crippen LogP contribution in [0.5, 0.6) is 0 Å². The molecule has 0 aromatic heterocycles. The van der Waals surface area contributed by atoms with Crippen molar-refractivity contribution in [3.63, 3.8) is 0 Å². The summed E-state index contributed by atoms with van der Waals surface area (Å²) in [6, 6.07) is 10.2. The number of benzene rings is 1. The Kier molecular flexibility index (Phi) is 3.25. The van der Waals surface area contributed by atoms with E-state index >= 15 is 0 Å². The molecule has 4 heterocycles. The van der Waals surface area contributed by atoms with E-state index in [1.165, 1.54) is 0 Å². The van der Waals surface area contributed by atoms with Crippen LogP contribution in [0, 0.1) is 5.92 Å². The number of anilines is 1. The second-order valence-electron chi connectivity index (χ2n) is 7.52. The summed E-state index contributed by atoms with van der Waals surface area (Å²) in [7, 11) is 0. The van der Waals surface area contributed by atoms with Gasteiger partial charge in [-0.1, -0.05) is 25.1 Å². The van der Waals surface area contributed by atoms with E-state index in [-0.39, 0.29) is 36.7 Å². The normalized spacial score (nSPS) is 45.8. The van der Waals surface area contributed by atoms with Crippen LogP contribution >= 0.6 is 0 Å². The largest absolute Gasteiger partial charge is 0.370 e. The Morgan fingerprint density at radius 1 is 1.04 bits per heavy atom. The van der Waals surface area contributed by atoms with Crippen molar-refractivity contribution in [1.82, 2.24) is 0 Å². The summed E-state index contributed by atoms with van der Waals surface area (Å²) in [6.45, 7) is 6.56. The van der Waals surface area contributed by atoms with E-state index in [1.807, 2.05) is 37.1 Å². The molecule has 0 amide bonds. The van der Waals surface area contributed by atoms with Crippen LogP contribution in [0.15, 0.2) is 30.3 Å². The number of rotatable bonds is 1. The molecule has 0 unspecified atom stereocenters. The Hall–Kier alpha value is -1.18. The van der Waals surface area contributed by atoms with Crippen LogP contribution in [-0.4, -0.2) is 49.1 Å². The van der Waals surface area contributed by atoms with E-state index in [9.17, 15) is 0 Å². The summed E-state index contributed by atoms with van der Waals surface area (Å²) in [4.78, 5) is 6.18. The summed E-state index contributed by atoms with van der Waals surface area (Å²) >= 11 is 0. The van der Waals surface area contributed by atoms with Crippen LogP contribution < -0.4 is 5.06 Å². The van der Waals surface area contributed by atoms with Crippen LogP contribution in [0.1, 0.15) is 20.8 Å². The highest BCUT2D eigenvalue weighted by molar-refractivity contribution is 5.46. The Morgan fingerprint density at radius 3 is 2.62 bits per heavy atom. The molecule has 0 radical (unpaired) electrons. The summed E-state index contributed by atoms with van der Waals surface area (Å²) in [5.74, 6) is -0.331. The maximum Gasteiger partial charge on any atom is 0.190 e. The van der Waals surface area contributed by atoms with Crippen LogP contribution in [-0.2, 0) is 23.8 Å². The third-order valence-corrected chi connectivity index (χ3v) is 5.47. The van der Waals surface area contributed by atoms with Crippen molar-refractivity contribution in [2.45, 2.75) is 63.3 Å². The van der Waals surface area contributed by atoms with E-state index in [2.05, 4.69) is 19.1 Å². The quantitative estimate of drug-likeness (QED) is 0.784. The van der Waals surface area contributed by atoms with Crippen LogP contribution in [0.25, 0.3) is 0 Å². The lowest BCUT2D eigenvalue weighted by Crippen LogP contribution is -2.49. The molecule has 7 atom stereocenters. The van der Waals surface area contributed by atoms with Gasteiger partial charge >= 0.3 is 0 Å². The lowest BCUT2D eigenvalue weighted by atomic mass is 9.91. The van der Waals surface area contributed by atoms with Gasteiger partial charge in [-0.2, -0.15) is 0 Å². The standard InChI is InChI=1S/C18H23NO5/c1-10-12-9-20-15-14(21-17-16(15)22-18(2,3)23-17)13(10)19(24-12)11-7-5-4-6-8-11/h4-8,10,12-17H,9H2,1-3H3/t10-,12+,13+,14+,15+,16+,17+/m0/s1. The number of fused-ring (bicyclic) bond motifs is 6. The van der Waals surface area contributed by atoms with Crippen molar-refractivity contribution in [2.75, 3.05) is 11.7 Å². The third kappa shape index (κ3) is 2.14. The lowest BCUT2D eigenvalue weighted by molar-refractivity contribution is -0.222. The van der Waals surface area contributed by atoms with Gasteiger partial charge in [-0.15, -0.1) is 0 Å². The molecule has 2 bridgehead atoms. The molecule has 1 aromatic carbocycles. The summed E-state index contributed by atoms with van der Waals surface area (Å²) in [5, 5.41) is 2.00. The van der Waals surface area contributed by atoms with E-state index in [0.29, 0.717) is 12.5 Å². The van der Waals surface area contributed by atoms with Gasteiger partial charge in [-0.3, -0.25) is 4.84 Å². The predicted molar refractivity (Wildman–Crippen MR) is 85.2 cm³/mol. The number of hydrogen-bond donors (Lipinski definition) is 0. The van der Waals surface area contributed by atoms with Gasteiger partial charge in [0, 0.05) is 5.92 Å². The van der Waals surface area contributed by atoms with Gasteiger partial charge in [0.25, 0.3) is 0 Å². The Bertz CT molecular complexity index is 623. The summed E-state index contributed by atoms with van der Waals surface area (Å²) < 4.78 is 24.4. The minimum absolute atomic E-state index is 0.0261. The zero-order valence-electron chi connectivity index (χ0n) is 14.1. The van der Waals surface area contributed by atoms with Gasteiger partial charge in [-0.25, -0.2) is 5.06 Å².